The van der Waals surface area contributed by atoms with Gasteiger partial charge in [0.1, 0.15) is 12.0 Å². The number of hydrogen-bond acceptors (Lipinski definition) is 3. The lowest BCUT2D eigenvalue weighted by Crippen LogP contribution is -2.04. The van der Waals surface area contributed by atoms with Crippen molar-refractivity contribution in [3.63, 3.8) is 0 Å². The average Bonchev–Trinajstić information content (AvgIpc) is 2.38. The zero-order valence-corrected chi connectivity index (χ0v) is 6.13. The van der Waals surface area contributed by atoms with E-state index in [2.05, 4.69) is 11.6 Å². The van der Waals surface area contributed by atoms with Crippen molar-refractivity contribution in [2.24, 2.45) is 0 Å². The van der Waals surface area contributed by atoms with Crippen molar-refractivity contribution < 1.29 is 8.97 Å². The molecular formula is C6H7NO2S. The summed E-state index contributed by atoms with van der Waals surface area (Å²) in [6.45, 7) is 3.45. The lowest BCUT2D eigenvalue weighted by atomic mass is 10.8. The van der Waals surface area contributed by atoms with E-state index in [0.717, 1.165) is 0 Å². The minimum absolute atomic E-state index is 0.264. The topological polar surface area (TPSA) is 49.1 Å². The lowest BCUT2D eigenvalue weighted by Gasteiger charge is -1.99. The van der Waals surface area contributed by atoms with Crippen LogP contribution >= 0.6 is 0 Å². The monoisotopic (exact) mass is 157 g/mol. The molecule has 0 spiro atoms. The van der Waals surface area contributed by atoms with Gasteiger partial charge in [-0.1, -0.05) is 6.58 Å². The molecule has 1 aromatic rings. The van der Waals surface area contributed by atoms with E-state index in [1.54, 1.807) is 6.08 Å². The van der Waals surface area contributed by atoms with Crippen molar-refractivity contribution in [1.29, 1.82) is 0 Å². The third kappa shape index (κ3) is 1.62. The van der Waals surface area contributed by atoms with Crippen LogP contribution in [0.1, 0.15) is 0 Å². The van der Waals surface area contributed by atoms with Crippen LogP contribution < -0.4 is 0 Å². The predicted molar refractivity (Wildman–Crippen MR) is 38.0 cm³/mol. The van der Waals surface area contributed by atoms with E-state index in [1.807, 2.05) is 0 Å². The maximum Gasteiger partial charge on any atom is 0.415 e. The highest BCUT2D eigenvalue weighted by Crippen LogP contribution is 2.06. The first-order chi connectivity index (χ1) is 4.84. The Morgan fingerprint density at radius 1 is 1.90 bits per heavy atom. The second kappa shape index (κ2) is 3.43. The molecule has 0 saturated heterocycles. The molecule has 0 saturated carbocycles. The molecule has 1 aromatic heterocycles. The fourth-order valence-corrected chi connectivity index (χ4v) is 1.20. The second-order valence-electron chi connectivity index (χ2n) is 1.60. The molecule has 1 atom stereocenters. The van der Waals surface area contributed by atoms with Crippen molar-refractivity contribution in [2.75, 3.05) is 5.75 Å². The minimum Gasteiger partial charge on any atom is -0.607 e. The van der Waals surface area contributed by atoms with Gasteiger partial charge >= 0.3 is 5.22 Å². The summed E-state index contributed by atoms with van der Waals surface area (Å²) in [5, 5.41) is 0.264. The van der Waals surface area contributed by atoms with E-state index in [0.29, 0.717) is 5.75 Å². The lowest BCUT2D eigenvalue weighted by molar-refractivity contribution is 0.431. The van der Waals surface area contributed by atoms with E-state index in [4.69, 9.17) is 4.42 Å². The summed E-state index contributed by atoms with van der Waals surface area (Å²) in [6.07, 6.45) is 4.44. The van der Waals surface area contributed by atoms with Crippen LogP contribution in [0.15, 0.2) is 34.8 Å². The Labute approximate surface area is 61.9 Å². The maximum atomic E-state index is 11.0. The Balaban J connectivity index is 2.58. The van der Waals surface area contributed by atoms with Crippen LogP contribution in [0.25, 0.3) is 0 Å². The van der Waals surface area contributed by atoms with Crippen LogP contribution in [0, 0.1) is 0 Å². The summed E-state index contributed by atoms with van der Waals surface area (Å²) in [6, 6.07) is 0. The third-order valence-corrected chi connectivity index (χ3v) is 2.00. The summed E-state index contributed by atoms with van der Waals surface area (Å²) >= 11 is -1.15. The summed E-state index contributed by atoms with van der Waals surface area (Å²) < 4.78 is 15.8. The highest BCUT2D eigenvalue weighted by atomic mass is 32.2. The smallest absolute Gasteiger partial charge is 0.415 e. The molecular weight excluding hydrogens is 150 g/mol. The van der Waals surface area contributed by atoms with Gasteiger partial charge in [-0.15, -0.1) is 0 Å². The van der Waals surface area contributed by atoms with E-state index < -0.39 is 11.2 Å². The van der Waals surface area contributed by atoms with Gasteiger partial charge in [-0.2, -0.15) is 4.98 Å². The Hall–Kier alpha value is -0.740. The van der Waals surface area contributed by atoms with Crippen LogP contribution in [-0.2, 0) is 11.2 Å². The van der Waals surface area contributed by atoms with Gasteiger partial charge in [-0.25, -0.2) is 0 Å². The van der Waals surface area contributed by atoms with Crippen LogP contribution in [0.2, 0.25) is 0 Å². The number of oxazole rings is 1. The average molecular weight is 157 g/mol. The Kier molecular flexibility index (Phi) is 2.53. The highest BCUT2D eigenvalue weighted by Gasteiger charge is 2.12. The number of aromatic nitrogens is 1. The van der Waals surface area contributed by atoms with Gasteiger partial charge in [0.05, 0.1) is 6.20 Å². The van der Waals surface area contributed by atoms with Gasteiger partial charge in [0.2, 0.25) is 0 Å². The number of rotatable bonds is 3. The van der Waals surface area contributed by atoms with Crippen molar-refractivity contribution in [3.8, 4) is 0 Å². The van der Waals surface area contributed by atoms with E-state index in [1.165, 1.54) is 12.5 Å². The Bertz CT molecular complexity index is 198. The largest absolute Gasteiger partial charge is 0.607 e. The molecule has 0 amide bonds. The first-order valence-corrected chi connectivity index (χ1v) is 4.05. The van der Waals surface area contributed by atoms with Gasteiger partial charge in [-0.05, 0) is 6.08 Å². The maximum absolute atomic E-state index is 11.0. The molecule has 10 heavy (non-hydrogen) atoms. The third-order valence-electron chi connectivity index (χ3n) is 0.874. The molecule has 0 radical (unpaired) electrons. The van der Waals surface area contributed by atoms with Crippen LogP contribution in [-0.4, -0.2) is 15.3 Å². The minimum atomic E-state index is -1.15. The van der Waals surface area contributed by atoms with Crippen molar-refractivity contribution in [3.05, 3.63) is 25.1 Å². The van der Waals surface area contributed by atoms with Crippen LogP contribution in [0.3, 0.4) is 0 Å². The summed E-state index contributed by atoms with van der Waals surface area (Å²) in [5.41, 5.74) is 0. The SMILES string of the molecule is C=CC[S+]([O-])c1ncco1. The summed E-state index contributed by atoms with van der Waals surface area (Å²) in [4.78, 5) is 3.72. The number of nitrogens with zero attached hydrogens (tertiary/aromatic N) is 1. The van der Waals surface area contributed by atoms with Crippen molar-refractivity contribution >= 4 is 11.2 Å². The molecule has 3 nitrogen and oxygen atoms in total. The molecule has 1 heterocycles. The molecule has 1 rings (SSSR count). The summed E-state index contributed by atoms with van der Waals surface area (Å²) in [5.74, 6) is 0.389. The van der Waals surface area contributed by atoms with Crippen LogP contribution in [0.5, 0.6) is 0 Å². The molecule has 0 aromatic carbocycles. The molecule has 0 aliphatic heterocycles. The van der Waals surface area contributed by atoms with Gasteiger partial charge in [0.25, 0.3) is 0 Å². The Morgan fingerprint density at radius 3 is 3.20 bits per heavy atom. The quantitative estimate of drug-likeness (QED) is 0.485. The molecule has 0 bridgehead atoms. The number of hydrogen-bond donors (Lipinski definition) is 0. The second-order valence-corrected chi connectivity index (χ2v) is 2.97. The van der Waals surface area contributed by atoms with Crippen molar-refractivity contribution in [1.82, 2.24) is 4.98 Å². The zero-order valence-electron chi connectivity index (χ0n) is 5.32. The first-order valence-electron chi connectivity index (χ1n) is 2.73. The van der Waals surface area contributed by atoms with Gasteiger partial charge in [0.15, 0.2) is 0 Å². The molecule has 1 unspecified atom stereocenters. The molecule has 4 heteroatoms. The fourth-order valence-electron chi connectivity index (χ4n) is 0.501. The van der Waals surface area contributed by atoms with Crippen LogP contribution in [0.4, 0.5) is 0 Å². The standard InChI is InChI=1S/C6H7NO2S/c1-2-5-10(8)6-7-3-4-9-6/h2-4H,1,5H2. The zero-order chi connectivity index (χ0) is 7.40. The predicted octanol–water partition coefficient (Wildman–Crippen LogP) is 0.968. The normalized spacial score (nSPS) is 12.9. The molecule has 54 valence electrons. The molecule has 0 fully saturated rings. The molecule has 0 aliphatic rings. The summed E-state index contributed by atoms with van der Waals surface area (Å²) in [7, 11) is 0. The Morgan fingerprint density at radius 2 is 2.70 bits per heavy atom. The van der Waals surface area contributed by atoms with Crippen molar-refractivity contribution in [2.45, 2.75) is 5.22 Å². The van der Waals surface area contributed by atoms with E-state index in [9.17, 15) is 4.55 Å². The van der Waals surface area contributed by atoms with Gasteiger partial charge in [0, 0.05) is 11.2 Å². The van der Waals surface area contributed by atoms with E-state index >= 15 is 0 Å². The highest BCUT2D eigenvalue weighted by molar-refractivity contribution is 7.91. The first kappa shape index (κ1) is 7.37. The molecule has 0 aliphatic carbocycles. The fraction of sp³-hybridized carbons (Fsp3) is 0.167. The molecule has 0 N–H and O–H groups in total. The van der Waals surface area contributed by atoms with Gasteiger partial charge < -0.3 is 8.97 Å². The van der Waals surface area contributed by atoms with Gasteiger partial charge in [-0.3, -0.25) is 0 Å². The van der Waals surface area contributed by atoms with E-state index in [-0.39, 0.29) is 5.22 Å².